The molecule has 2 aliphatic rings. The number of carbonyl (C=O) groups is 1. The van der Waals surface area contributed by atoms with Gasteiger partial charge in [-0.25, -0.2) is 4.68 Å². The van der Waals surface area contributed by atoms with E-state index in [1.807, 2.05) is 71.5 Å². The van der Waals surface area contributed by atoms with E-state index in [0.717, 1.165) is 42.1 Å². The molecule has 0 bridgehead atoms. The first-order chi connectivity index (χ1) is 16.6. The largest absolute Gasteiger partial charge is 0.306 e. The number of benzene rings is 3. The van der Waals surface area contributed by atoms with Gasteiger partial charge in [0.05, 0.1) is 11.3 Å². The van der Waals surface area contributed by atoms with Crippen LogP contribution in [0, 0.1) is 6.92 Å². The molecule has 0 radical (unpaired) electrons. The number of hydrogen-bond acceptors (Lipinski definition) is 3. The number of aryl methyl sites for hydroxylation is 1. The number of anilines is 1. The van der Waals surface area contributed by atoms with Gasteiger partial charge < -0.3 is 9.80 Å². The number of piperidine rings is 1. The fraction of sp³-hybridized carbons (Fsp3) is 0.241. The molecule has 1 fully saturated rings. The van der Waals surface area contributed by atoms with Crippen molar-refractivity contribution in [3.8, 4) is 16.9 Å². The van der Waals surface area contributed by atoms with E-state index in [0.29, 0.717) is 11.5 Å². The molecule has 2 aliphatic heterocycles. The lowest BCUT2D eigenvalue weighted by Crippen LogP contribution is -2.47. The molecule has 5 nitrogen and oxygen atoms in total. The molecule has 1 saturated heterocycles. The van der Waals surface area contributed by atoms with E-state index in [4.69, 9.17) is 5.10 Å². The van der Waals surface area contributed by atoms with Crippen molar-refractivity contribution in [1.29, 1.82) is 0 Å². The van der Waals surface area contributed by atoms with Crippen molar-refractivity contribution in [2.24, 2.45) is 0 Å². The molecule has 0 spiro atoms. The van der Waals surface area contributed by atoms with Gasteiger partial charge in [0.25, 0.3) is 5.91 Å². The topological polar surface area (TPSA) is 41.4 Å². The summed E-state index contributed by atoms with van der Waals surface area (Å²) in [6.07, 6.45) is 2.87. The van der Waals surface area contributed by atoms with Crippen LogP contribution < -0.4 is 4.90 Å². The molecule has 1 amide bonds. The van der Waals surface area contributed by atoms with Gasteiger partial charge in [0, 0.05) is 36.0 Å². The smallest absolute Gasteiger partial charge is 0.262 e. The van der Waals surface area contributed by atoms with Crippen molar-refractivity contribution in [3.63, 3.8) is 0 Å². The number of nitrogens with zero attached hydrogens (tertiary/aromatic N) is 4. The molecule has 0 aliphatic carbocycles. The maximum absolute atomic E-state index is 14.3. The number of aromatic nitrogens is 2. The van der Waals surface area contributed by atoms with E-state index < -0.39 is 0 Å². The van der Waals surface area contributed by atoms with Gasteiger partial charge in [-0.3, -0.25) is 4.79 Å². The molecule has 4 aromatic rings. The average molecular weight is 449 g/mol. The van der Waals surface area contributed by atoms with Crippen LogP contribution in [-0.2, 0) is 0 Å². The number of amides is 1. The molecule has 3 aromatic carbocycles. The van der Waals surface area contributed by atoms with Gasteiger partial charge in [0.1, 0.15) is 5.69 Å². The van der Waals surface area contributed by atoms with E-state index in [9.17, 15) is 4.79 Å². The van der Waals surface area contributed by atoms with Gasteiger partial charge in [-0.15, -0.1) is 0 Å². The van der Waals surface area contributed by atoms with Crippen molar-refractivity contribution in [2.75, 3.05) is 25.0 Å². The Morgan fingerprint density at radius 1 is 0.971 bits per heavy atom. The summed E-state index contributed by atoms with van der Waals surface area (Å²) >= 11 is 0. The highest BCUT2D eigenvalue weighted by Gasteiger charge is 2.44. The third-order valence-corrected chi connectivity index (χ3v) is 7.18. The average Bonchev–Trinajstić information content (AvgIpc) is 3.45. The van der Waals surface area contributed by atoms with E-state index in [-0.39, 0.29) is 11.9 Å². The second-order valence-corrected chi connectivity index (χ2v) is 9.50. The van der Waals surface area contributed by atoms with Crippen LogP contribution in [0.4, 0.5) is 5.69 Å². The predicted octanol–water partition coefficient (Wildman–Crippen LogP) is 5.30. The minimum absolute atomic E-state index is 0.0307. The van der Waals surface area contributed by atoms with Gasteiger partial charge >= 0.3 is 0 Å². The summed E-state index contributed by atoms with van der Waals surface area (Å²) in [5.41, 5.74) is 6.83. The first-order valence-electron chi connectivity index (χ1n) is 11.9. The molecule has 170 valence electrons. The first kappa shape index (κ1) is 20.9. The second-order valence-electron chi connectivity index (χ2n) is 9.50. The quantitative estimate of drug-likeness (QED) is 0.427. The summed E-state index contributed by atoms with van der Waals surface area (Å²) in [5.74, 6) is 0.366. The summed E-state index contributed by atoms with van der Waals surface area (Å²) in [4.78, 5) is 18.8. The van der Waals surface area contributed by atoms with Crippen LogP contribution in [0.25, 0.3) is 16.9 Å². The van der Waals surface area contributed by atoms with Crippen molar-refractivity contribution < 1.29 is 4.79 Å². The molecular formula is C29H28N4O. The lowest BCUT2D eigenvalue weighted by atomic mass is 9.88. The summed E-state index contributed by atoms with van der Waals surface area (Å²) in [6, 6.07) is 26.7. The number of fused-ring (bicyclic) bond motifs is 3. The van der Waals surface area contributed by atoms with Crippen LogP contribution >= 0.6 is 0 Å². The van der Waals surface area contributed by atoms with Crippen LogP contribution in [0.15, 0.2) is 85.1 Å². The predicted molar refractivity (Wildman–Crippen MR) is 136 cm³/mol. The molecule has 6 rings (SSSR count). The molecule has 1 aromatic heterocycles. The molecule has 3 heterocycles. The number of carbonyl (C=O) groups excluding carboxylic acids is 1. The van der Waals surface area contributed by atoms with Crippen molar-refractivity contribution in [2.45, 2.75) is 25.3 Å². The maximum Gasteiger partial charge on any atom is 0.262 e. The van der Waals surface area contributed by atoms with E-state index in [1.165, 1.54) is 11.1 Å². The van der Waals surface area contributed by atoms with Gasteiger partial charge in [-0.1, -0.05) is 66.2 Å². The van der Waals surface area contributed by atoms with Gasteiger partial charge in [-0.2, -0.15) is 5.10 Å². The van der Waals surface area contributed by atoms with Gasteiger partial charge in [0.2, 0.25) is 0 Å². The minimum Gasteiger partial charge on any atom is -0.306 e. The number of rotatable bonds is 3. The molecule has 34 heavy (non-hydrogen) atoms. The summed E-state index contributed by atoms with van der Waals surface area (Å²) in [5, 5.41) is 4.89. The zero-order valence-electron chi connectivity index (χ0n) is 19.6. The Morgan fingerprint density at radius 3 is 2.47 bits per heavy atom. The normalized spacial score (nSPS) is 19.6. The summed E-state index contributed by atoms with van der Waals surface area (Å²) in [6.45, 7) is 4.09. The SMILES string of the molecule is Cc1ccc2c(c1)[C@@H]1CN(C)CC[C@H]1N2C(=O)c1cn(-c2ccccc2)nc1-c1ccccc1. The lowest BCUT2D eigenvalue weighted by Gasteiger charge is -2.36. The number of hydrogen-bond donors (Lipinski definition) is 0. The highest BCUT2D eigenvalue weighted by atomic mass is 16.2. The van der Waals surface area contributed by atoms with E-state index >= 15 is 0 Å². The van der Waals surface area contributed by atoms with Gasteiger partial charge in [0.15, 0.2) is 0 Å². The minimum atomic E-state index is 0.0307. The summed E-state index contributed by atoms with van der Waals surface area (Å²) in [7, 11) is 2.17. The Balaban J connectivity index is 1.48. The van der Waals surface area contributed by atoms with Crippen molar-refractivity contribution in [3.05, 3.63) is 102 Å². The highest BCUT2D eigenvalue weighted by molar-refractivity contribution is 6.11. The van der Waals surface area contributed by atoms with Gasteiger partial charge in [-0.05, 0) is 50.7 Å². The zero-order chi connectivity index (χ0) is 23.2. The third-order valence-electron chi connectivity index (χ3n) is 7.18. The number of likely N-dealkylation sites (tertiary alicyclic amines) is 1. The van der Waals surface area contributed by atoms with Crippen molar-refractivity contribution >= 4 is 11.6 Å². The Kier molecular flexibility index (Phi) is 5.07. The standard InChI is InChI=1S/C29H28N4O/c1-20-13-14-26-23(17-20)24-18-31(2)16-15-27(24)33(26)29(34)25-19-32(22-11-7-4-8-12-22)30-28(25)21-9-5-3-6-10-21/h3-14,17,19,24,27H,15-16,18H2,1-2H3/t24-,27+/m0/s1. The number of para-hydroxylation sites is 1. The van der Waals surface area contributed by atoms with Crippen LogP contribution in [0.2, 0.25) is 0 Å². The summed E-state index contributed by atoms with van der Waals surface area (Å²) < 4.78 is 1.83. The molecule has 0 saturated carbocycles. The molecular weight excluding hydrogens is 420 g/mol. The van der Waals surface area contributed by atoms with E-state index in [1.54, 1.807) is 0 Å². The Morgan fingerprint density at radius 2 is 1.71 bits per heavy atom. The van der Waals surface area contributed by atoms with E-state index in [2.05, 4.69) is 42.0 Å². The zero-order valence-corrected chi connectivity index (χ0v) is 19.6. The maximum atomic E-state index is 14.3. The fourth-order valence-corrected chi connectivity index (χ4v) is 5.53. The molecule has 0 unspecified atom stereocenters. The molecule has 2 atom stereocenters. The number of likely N-dealkylation sites (N-methyl/N-ethyl adjacent to an activating group) is 1. The second kappa shape index (κ2) is 8.26. The third kappa shape index (κ3) is 3.44. The van der Waals surface area contributed by atoms with Crippen LogP contribution in [0.5, 0.6) is 0 Å². The Bertz CT molecular complexity index is 1350. The molecule has 5 heteroatoms. The lowest BCUT2D eigenvalue weighted by molar-refractivity contribution is 0.0965. The molecule has 0 N–H and O–H groups in total. The van der Waals surface area contributed by atoms with Crippen LogP contribution in [0.1, 0.15) is 33.8 Å². The van der Waals surface area contributed by atoms with Crippen molar-refractivity contribution in [1.82, 2.24) is 14.7 Å². The Labute approximate surface area is 200 Å². The Hall–Kier alpha value is -3.70. The highest BCUT2D eigenvalue weighted by Crippen LogP contribution is 2.46. The monoisotopic (exact) mass is 448 g/mol. The van der Waals surface area contributed by atoms with Crippen LogP contribution in [0.3, 0.4) is 0 Å². The van der Waals surface area contributed by atoms with Crippen LogP contribution in [-0.4, -0.2) is 46.8 Å². The first-order valence-corrected chi connectivity index (χ1v) is 11.9. The fourth-order valence-electron chi connectivity index (χ4n) is 5.53.